The number of unbranched alkanes of at least 4 members (excludes halogenated alkanes) is 2. The molecule has 0 amide bonds. The zero-order valence-electron chi connectivity index (χ0n) is 13.3. The second-order valence-electron chi connectivity index (χ2n) is 7.08. The summed E-state index contributed by atoms with van der Waals surface area (Å²) in [5.41, 5.74) is 0.459. The third-order valence-corrected chi connectivity index (χ3v) is 4.28. The second-order valence-corrected chi connectivity index (χ2v) is 7.08. The molecule has 1 N–H and O–H groups in total. The standard InChI is InChI=1S/C16H34N2/c1-6-7-8-10-16(4,5)13-17-15-9-11-18(12-15)14(2)3/h14-15,17H,6-13H2,1-5H3. The molecule has 0 spiro atoms. The summed E-state index contributed by atoms with van der Waals surface area (Å²) >= 11 is 0. The van der Waals surface area contributed by atoms with E-state index in [2.05, 4.69) is 44.8 Å². The maximum atomic E-state index is 3.79. The number of hydrogen-bond donors (Lipinski definition) is 1. The van der Waals surface area contributed by atoms with E-state index in [1.807, 2.05) is 0 Å². The highest BCUT2D eigenvalue weighted by Gasteiger charge is 2.25. The van der Waals surface area contributed by atoms with Gasteiger partial charge in [0.05, 0.1) is 0 Å². The normalized spacial score (nSPS) is 22.0. The fourth-order valence-corrected chi connectivity index (χ4v) is 2.79. The fourth-order valence-electron chi connectivity index (χ4n) is 2.79. The summed E-state index contributed by atoms with van der Waals surface area (Å²) in [6.45, 7) is 15.4. The van der Waals surface area contributed by atoms with Gasteiger partial charge in [-0.3, -0.25) is 4.90 Å². The first kappa shape index (κ1) is 16.0. The summed E-state index contributed by atoms with van der Waals surface area (Å²) in [4.78, 5) is 2.59. The molecule has 1 aliphatic rings. The number of likely N-dealkylation sites (tertiary alicyclic amines) is 1. The molecule has 1 heterocycles. The maximum absolute atomic E-state index is 3.79. The highest BCUT2D eigenvalue weighted by Crippen LogP contribution is 2.23. The van der Waals surface area contributed by atoms with E-state index in [1.165, 1.54) is 51.7 Å². The fraction of sp³-hybridized carbons (Fsp3) is 1.00. The van der Waals surface area contributed by atoms with Crippen molar-refractivity contribution in [3.8, 4) is 0 Å². The van der Waals surface area contributed by atoms with E-state index in [-0.39, 0.29) is 0 Å². The first-order valence-corrected chi connectivity index (χ1v) is 7.92. The van der Waals surface area contributed by atoms with Crippen molar-refractivity contribution in [2.75, 3.05) is 19.6 Å². The lowest BCUT2D eigenvalue weighted by Gasteiger charge is -2.27. The van der Waals surface area contributed by atoms with Crippen molar-refractivity contribution in [1.82, 2.24) is 10.2 Å². The molecule has 1 rings (SSSR count). The van der Waals surface area contributed by atoms with Crippen LogP contribution in [-0.4, -0.2) is 36.6 Å². The zero-order valence-corrected chi connectivity index (χ0v) is 13.3. The lowest BCUT2D eigenvalue weighted by atomic mass is 9.86. The molecule has 1 unspecified atom stereocenters. The molecule has 18 heavy (non-hydrogen) atoms. The molecule has 0 saturated carbocycles. The molecule has 0 aromatic carbocycles. The van der Waals surface area contributed by atoms with Crippen LogP contribution in [0.15, 0.2) is 0 Å². The molecule has 1 aliphatic heterocycles. The quantitative estimate of drug-likeness (QED) is 0.665. The van der Waals surface area contributed by atoms with Gasteiger partial charge in [0, 0.05) is 25.2 Å². The molecule has 1 fully saturated rings. The van der Waals surface area contributed by atoms with Crippen molar-refractivity contribution in [3.05, 3.63) is 0 Å². The van der Waals surface area contributed by atoms with Crippen molar-refractivity contribution in [2.45, 2.75) is 78.8 Å². The SMILES string of the molecule is CCCCCC(C)(C)CNC1CCN(C(C)C)C1. The monoisotopic (exact) mass is 254 g/mol. The van der Waals surface area contributed by atoms with Gasteiger partial charge in [0.15, 0.2) is 0 Å². The Kier molecular flexibility index (Phi) is 6.65. The Balaban J connectivity index is 2.20. The van der Waals surface area contributed by atoms with E-state index in [0.717, 1.165) is 6.04 Å². The Morgan fingerprint density at radius 1 is 1.28 bits per heavy atom. The highest BCUT2D eigenvalue weighted by atomic mass is 15.2. The molecule has 1 atom stereocenters. The minimum absolute atomic E-state index is 0.459. The largest absolute Gasteiger partial charge is 0.312 e. The van der Waals surface area contributed by atoms with Crippen LogP contribution < -0.4 is 5.32 Å². The van der Waals surface area contributed by atoms with Crippen LogP contribution in [0.1, 0.15) is 66.7 Å². The van der Waals surface area contributed by atoms with Crippen molar-refractivity contribution in [2.24, 2.45) is 5.41 Å². The van der Waals surface area contributed by atoms with Gasteiger partial charge in [-0.2, -0.15) is 0 Å². The molecule has 1 saturated heterocycles. The Morgan fingerprint density at radius 2 is 2.00 bits per heavy atom. The van der Waals surface area contributed by atoms with Crippen LogP contribution in [0.3, 0.4) is 0 Å². The summed E-state index contributed by atoms with van der Waals surface area (Å²) in [6.07, 6.45) is 6.77. The van der Waals surface area contributed by atoms with E-state index < -0.39 is 0 Å². The molecule has 0 aliphatic carbocycles. The summed E-state index contributed by atoms with van der Waals surface area (Å²) in [5, 5.41) is 3.79. The number of hydrogen-bond acceptors (Lipinski definition) is 2. The number of nitrogens with one attached hydrogen (secondary N) is 1. The van der Waals surface area contributed by atoms with E-state index in [1.54, 1.807) is 0 Å². The van der Waals surface area contributed by atoms with Gasteiger partial charge >= 0.3 is 0 Å². The first-order valence-electron chi connectivity index (χ1n) is 7.92. The Hall–Kier alpha value is -0.0800. The van der Waals surface area contributed by atoms with Gasteiger partial charge in [-0.05, 0) is 38.6 Å². The lowest BCUT2D eigenvalue weighted by molar-refractivity contribution is 0.255. The van der Waals surface area contributed by atoms with Crippen molar-refractivity contribution >= 4 is 0 Å². The average Bonchev–Trinajstić information content (AvgIpc) is 2.75. The van der Waals surface area contributed by atoms with Crippen molar-refractivity contribution in [3.63, 3.8) is 0 Å². The third kappa shape index (κ3) is 5.71. The van der Waals surface area contributed by atoms with E-state index in [0.29, 0.717) is 11.5 Å². The topological polar surface area (TPSA) is 15.3 Å². The summed E-state index contributed by atoms with van der Waals surface area (Å²) in [5.74, 6) is 0. The predicted octanol–water partition coefficient (Wildman–Crippen LogP) is 3.67. The van der Waals surface area contributed by atoms with E-state index in [4.69, 9.17) is 0 Å². The summed E-state index contributed by atoms with van der Waals surface area (Å²) in [7, 11) is 0. The highest BCUT2D eigenvalue weighted by molar-refractivity contribution is 4.84. The van der Waals surface area contributed by atoms with Crippen LogP contribution in [0.25, 0.3) is 0 Å². The molecule has 0 aromatic rings. The van der Waals surface area contributed by atoms with Crippen LogP contribution in [0.5, 0.6) is 0 Å². The van der Waals surface area contributed by atoms with Crippen LogP contribution in [0.2, 0.25) is 0 Å². The molecule has 108 valence electrons. The lowest BCUT2D eigenvalue weighted by Crippen LogP contribution is -2.39. The van der Waals surface area contributed by atoms with Crippen LogP contribution >= 0.6 is 0 Å². The van der Waals surface area contributed by atoms with Gasteiger partial charge < -0.3 is 5.32 Å². The first-order chi connectivity index (χ1) is 8.44. The molecule has 0 bridgehead atoms. The Labute approximate surface area is 115 Å². The molecule has 2 nitrogen and oxygen atoms in total. The molecule has 0 aromatic heterocycles. The van der Waals surface area contributed by atoms with E-state index in [9.17, 15) is 0 Å². The molecular formula is C16H34N2. The van der Waals surface area contributed by atoms with Crippen LogP contribution in [0.4, 0.5) is 0 Å². The van der Waals surface area contributed by atoms with Gasteiger partial charge in [0.25, 0.3) is 0 Å². The van der Waals surface area contributed by atoms with Gasteiger partial charge in [-0.15, -0.1) is 0 Å². The predicted molar refractivity (Wildman–Crippen MR) is 81.0 cm³/mol. The van der Waals surface area contributed by atoms with Crippen molar-refractivity contribution < 1.29 is 0 Å². The van der Waals surface area contributed by atoms with Crippen LogP contribution in [0, 0.1) is 5.41 Å². The average molecular weight is 254 g/mol. The van der Waals surface area contributed by atoms with Crippen LogP contribution in [-0.2, 0) is 0 Å². The summed E-state index contributed by atoms with van der Waals surface area (Å²) < 4.78 is 0. The number of nitrogens with zero attached hydrogens (tertiary/aromatic N) is 1. The van der Waals surface area contributed by atoms with Crippen molar-refractivity contribution in [1.29, 1.82) is 0 Å². The molecule has 2 heteroatoms. The zero-order chi connectivity index (χ0) is 13.6. The third-order valence-electron chi connectivity index (χ3n) is 4.28. The smallest absolute Gasteiger partial charge is 0.0207 e. The van der Waals surface area contributed by atoms with Gasteiger partial charge in [-0.25, -0.2) is 0 Å². The van der Waals surface area contributed by atoms with Gasteiger partial charge in [0.2, 0.25) is 0 Å². The second kappa shape index (κ2) is 7.49. The molecule has 0 radical (unpaired) electrons. The summed E-state index contributed by atoms with van der Waals surface area (Å²) in [6, 6.07) is 1.42. The molecular weight excluding hydrogens is 220 g/mol. The Bertz CT molecular complexity index is 223. The van der Waals surface area contributed by atoms with E-state index >= 15 is 0 Å². The number of rotatable bonds is 8. The van der Waals surface area contributed by atoms with Gasteiger partial charge in [-0.1, -0.05) is 40.0 Å². The minimum Gasteiger partial charge on any atom is -0.312 e. The minimum atomic E-state index is 0.459. The Morgan fingerprint density at radius 3 is 2.56 bits per heavy atom. The van der Waals surface area contributed by atoms with Gasteiger partial charge in [0.1, 0.15) is 0 Å². The maximum Gasteiger partial charge on any atom is 0.0207 e.